The number of aromatic nitrogens is 3. The van der Waals surface area contributed by atoms with Gasteiger partial charge in [-0.25, -0.2) is 8.42 Å². The molecule has 1 aliphatic rings. The molecular formula is C21H21ClN4O3S2. The zero-order valence-electron chi connectivity index (χ0n) is 16.6. The van der Waals surface area contributed by atoms with Crippen molar-refractivity contribution in [1.82, 2.24) is 20.1 Å². The van der Waals surface area contributed by atoms with Gasteiger partial charge in [0.15, 0.2) is 20.8 Å². The van der Waals surface area contributed by atoms with Crippen LogP contribution in [0.15, 0.2) is 59.8 Å². The van der Waals surface area contributed by atoms with E-state index < -0.39 is 9.84 Å². The van der Waals surface area contributed by atoms with Crippen LogP contribution in [-0.4, -0.2) is 52.4 Å². The standard InChI is InChI=1S/C21H21ClN4O3S2/c22-17-8-6-16(7-9-17)20-24-25-21(26(20)12-15-4-2-1-3-5-15)30-13-19(27)23-18-10-11-31(28,29)14-18/h1-9,18H,10-14H2,(H,23,27)/t18-/m0/s1. The molecule has 0 aliphatic carbocycles. The third-order valence-corrected chi connectivity index (χ3v) is 7.92. The Morgan fingerprint density at radius 1 is 1.13 bits per heavy atom. The number of carbonyl (C=O) groups is 1. The van der Waals surface area contributed by atoms with Crippen molar-refractivity contribution in [2.45, 2.75) is 24.2 Å². The second kappa shape index (κ2) is 9.42. The maximum absolute atomic E-state index is 12.4. The highest BCUT2D eigenvalue weighted by Gasteiger charge is 2.29. The molecule has 1 aliphatic heterocycles. The van der Waals surface area contributed by atoms with Crippen LogP contribution in [0.4, 0.5) is 0 Å². The summed E-state index contributed by atoms with van der Waals surface area (Å²) in [7, 11) is -3.04. The number of carbonyl (C=O) groups excluding carboxylic acids is 1. The molecule has 0 spiro atoms. The second-order valence-electron chi connectivity index (χ2n) is 7.34. The summed E-state index contributed by atoms with van der Waals surface area (Å²) in [5, 5.41) is 12.7. The monoisotopic (exact) mass is 476 g/mol. The highest BCUT2D eigenvalue weighted by Crippen LogP contribution is 2.26. The number of amides is 1. The van der Waals surface area contributed by atoms with Crippen LogP contribution in [0.3, 0.4) is 0 Å². The molecule has 1 N–H and O–H groups in total. The number of hydrogen-bond acceptors (Lipinski definition) is 6. The Morgan fingerprint density at radius 3 is 2.55 bits per heavy atom. The highest BCUT2D eigenvalue weighted by atomic mass is 35.5. The zero-order chi connectivity index (χ0) is 21.8. The summed E-state index contributed by atoms with van der Waals surface area (Å²) in [5.74, 6) is 0.735. The van der Waals surface area contributed by atoms with Crippen LogP contribution in [0.5, 0.6) is 0 Å². The van der Waals surface area contributed by atoms with Crippen LogP contribution in [0, 0.1) is 0 Å². The van der Waals surface area contributed by atoms with Gasteiger partial charge in [0.1, 0.15) is 0 Å². The zero-order valence-corrected chi connectivity index (χ0v) is 19.0. The van der Waals surface area contributed by atoms with Crippen molar-refractivity contribution in [1.29, 1.82) is 0 Å². The summed E-state index contributed by atoms with van der Waals surface area (Å²) in [5.41, 5.74) is 1.96. The highest BCUT2D eigenvalue weighted by molar-refractivity contribution is 7.99. The van der Waals surface area contributed by atoms with Gasteiger partial charge in [0.25, 0.3) is 0 Å². The number of nitrogens with zero attached hydrogens (tertiary/aromatic N) is 3. The molecule has 162 valence electrons. The molecular weight excluding hydrogens is 456 g/mol. The largest absolute Gasteiger partial charge is 0.352 e. The van der Waals surface area contributed by atoms with Gasteiger partial charge in [-0.3, -0.25) is 9.36 Å². The summed E-state index contributed by atoms with van der Waals surface area (Å²) >= 11 is 7.29. The molecule has 1 aromatic heterocycles. The second-order valence-corrected chi connectivity index (χ2v) is 10.9. The van der Waals surface area contributed by atoms with E-state index in [1.165, 1.54) is 11.8 Å². The molecule has 31 heavy (non-hydrogen) atoms. The molecule has 0 bridgehead atoms. The average Bonchev–Trinajstić information content (AvgIpc) is 3.30. The van der Waals surface area contributed by atoms with E-state index in [1.807, 2.05) is 47.0 Å². The first-order valence-corrected chi connectivity index (χ1v) is 12.9. The number of benzene rings is 2. The molecule has 0 radical (unpaired) electrons. The van der Waals surface area contributed by atoms with Gasteiger partial charge in [0.2, 0.25) is 5.91 Å². The third kappa shape index (κ3) is 5.66. The van der Waals surface area contributed by atoms with Crippen LogP contribution < -0.4 is 5.32 Å². The predicted octanol–water partition coefficient (Wildman–Crippen LogP) is 3.04. The van der Waals surface area contributed by atoms with Crippen molar-refractivity contribution in [2.75, 3.05) is 17.3 Å². The fourth-order valence-electron chi connectivity index (χ4n) is 3.42. The van der Waals surface area contributed by atoms with Gasteiger partial charge in [-0.2, -0.15) is 0 Å². The average molecular weight is 477 g/mol. The first kappa shape index (κ1) is 21.9. The topological polar surface area (TPSA) is 93.9 Å². The maximum atomic E-state index is 12.4. The SMILES string of the molecule is O=C(CSc1nnc(-c2ccc(Cl)cc2)n1Cc1ccccc1)N[C@H]1CCS(=O)(=O)C1. The van der Waals surface area contributed by atoms with E-state index in [4.69, 9.17) is 11.6 Å². The van der Waals surface area contributed by atoms with E-state index in [-0.39, 0.29) is 29.2 Å². The number of rotatable bonds is 7. The number of halogens is 1. The maximum Gasteiger partial charge on any atom is 0.230 e. The minimum atomic E-state index is -3.04. The molecule has 3 aromatic rings. The number of thioether (sulfide) groups is 1. The Balaban J connectivity index is 1.51. The lowest BCUT2D eigenvalue weighted by Gasteiger charge is -2.12. The lowest BCUT2D eigenvalue weighted by molar-refractivity contribution is -0.119. The minimum Gasteiger partial charge on any atom is -0.352 e. The summed E-state index contributed by atoms with van der Waals surface area (Å²) in [6.45, 7) is 0.552. The van der Waals surface area contributed by atoms with Crippen LogP contribution >= 0.6 is 23.4 Å². The van der Waals surface area contributed by atoms with Gasteiger partial charge in [-0.15, -0.1) is 10.2 Å². The van der Waals surface area contributed by atoms with Crippen molar-refractivity contribution in [3.8, 4) is 11.4 Å². The third-order valence-electron chi connectivity index (χ3n) is 4.93. The van der Waals surface area contributed by atoms with E-state index in [9.17, 15) is 13.2 Å². The molecule has 4 rings (SSSR count). The van der Waals surface area contributed by atoms with Gasteiger partial charge < -0.3 is 5.32 Å². The van der Waals surface area contributed by atoms with Crippen molar-refractivity contribution in [3.63, 3.8) is 0 Å². The van der Waals surface area contributed by atoms with E-state index in [0.717, 1.165) is 11.1 Å². The molecule has 1 saturated heterocycles. The fourth-order valence-corrected chi connectivity index (χ4v) is 5.97. The van der Waals surface area contributed by atoms with Gasteiger partial charge in [0.05, 0.1) is 23.8 Å². The first-order chi connectivity index (χ1) is 14.9. The summed E-state index contributed by atoms with van der Waals surface area (Å²) in [6, 6.07) is 17.0. The predicted molar refractivity (Wildman–Crippen MR) is 122 cm³/mol. The van der Waals surface area contributed by atoms with Gasteiger partial charge in [-0.1, -0.05) is 53.7 Å². The smallest absolute Gasteiger partial charge is 0.230 e. The quantitative estimate of drug-likeness (QED) is 0.527. The van der Waals surface area contributed by atoms with E-state index in [2.05, 4.69) is 15.5 Å². The van der Waals surface area contributed by atoms with Crippen LogP contribution in [-0.2, 0) is 21.2 Å². The molecule has 10 heteroatoms. The molecule has 1 atom stereocenters. The van der Waals surface area contributed by atoms with Gasteiger partial charge in [-0.05, 0) is 36.2 Å². The molecule has 7 nitrogen and oxygen atoms in total. The Labute approximate surface area is 190 Å². The number of hydrogen-bond donors (Lipinski definition) is 1. The molecule has 0 unspecified atom stereocenters. The summed E-state index contributed by atoms with van der Waals surface area (Å²) < 4.78 is 25.2. The van der Waals surface area contributed by atoms with Crippen molar-refractivity contribution >= 4 is 39.1 Å². The Bertz CT molecular complexity index is 1170. The fraction of sp³-hybridized carbons (Fsp3) is 0.286. The lowest BCUT2D eigenvalue weighted by Crippen LogP contribution is -2.36. The summed E-state index contributed by atoms with van der Waals surface area (Å²) in [6.07, 6.45) is 0.462. The normalized spacial score (nSPS) is 17.5. The van der Waals surface area contributed by atoms with Crippen LogP contribution in [0.2, 0.25) is 5.02 Å². The lowest BCUT2D eigenvalue weighted by atomic mass is 10.2. The number of nitrogens with one attached hydrogen (secondary N) is 1. The Hall–Kier alpha value is -2.36. The van der Waals surface area contributed by atoms with Gasteiger partial charge in [0, 0.05) is 16.6 Å². The van der Waals surface area contributed by atoms with Gasteiger partial charge >= 0.3 is 0 Å². The minimum absolute atomic E-state index is 0.00825. The van der Waals surface area contributed by atoms with Crippen LogP contribution in [0.25, 0.3) is 11.4 Å². The molecule has 1 amide bonds. The van der Waals surface area contributed by atoms with E-state index in [0.29, 0.717) is 29.0 Å². The van der Waals surface area contributed by atoms with Crippen molar-refractivity contribution in [2.24, 2.45) is 0 Å². The molecule has 2 heterocycles. The Kier molecular flexibility index (Phi) is 6.64. The molecule has 0 saturated carbocycles. The van der Waals surface area contributed by atoms with E-state index >= 15 is 0 Å². The first-order valence-electron chi connectivity index (χ1n) is 9.75. The van der Waals surface area contributed by atoms with Crippen LogP contribution in [0.1, 0.15) is 12.0 Å². The molecule has 1 fully saturated rings. The summed E-state index contributed by atoms with van der Waals surface area (Å²) in [4.78, 5) is 12.4. The van der Waals surface area contributed by atoms with E-state index in [1.54, 1.807) is 12.1 Å². The number of sulfone groups is 1. The van der Waals surface area contributed by atoms with Crippen molar-refractivity contribution in [3.05, 3.63) is 65.2 Å². The Morgan fingerprint density at radius 2 is 1.87 bits per heavy atom. The molecule has 2 aromatic carbocycles. The van der Waals surface area contributed by atoms with Crippen molar-refractivity contribution < 1.29 is 13.2 Å².